The second-order valence-electron chi connectivity index (χ2n) is 7.48. The summed E-state index contributed by atoms with van der Waals surface area (Å²) in [6.45, 7) is 1.60. The molecule has 1 aromatic carbocycles. The van der Waals surface area contributed by atoms with E-state index in [1.54, 1.807) is 35.8 Å². The highest BCUT2D eigenvalue weighted by molar-refractivity contribution is 8.01. The zero-order valence-electron chi connectivity index (χ0n) is 17.9. The summed E-state index contributed by atoms with van der Waals surface area (Å²) in [5.74, 6) is -0.465. The van der Waals surface area contributed by atoms with Crippen molar-refractivity contribution in [1.82, 2.24) is 24.0 Å². The van der Waals surface area contributed by atoms with Crippen molar-refractivity contribution in [2.75, 3.05) is 5.32 Å². The van der Waals surface area contributed by atoms with E-state index in [1.165, 1.54) is 12.1 Å². The Morgan fingerprint density at radius 3 is 2.59 bits per heavy atom. The van der Waals surface area contributed by atoms with Gasteiger partial charge < -0.3 is 11.1 Å². The quantitative estimate of drug-likeness (QED) is 0.262. The van der Waals surface area contributed by atoms with E-state index in [1.807, 2.05) is 34.9 Å². The van der Waals surface area contributed by atoms with Crippen LogP contribution in [0.25, 0.3) is 33.9 Å². The van der Waals surface area contributed by atoms with Crippen LogP contribution in [0, 0.1) is 5.82 Å². The zero-order valence-corrected chi connectivity index (χ0v) is 18.8. The molecule has 1 amide bonds. The molecule has 0 bridgehead atoms. The topological polar surface area (TPSA) is 129 Å². The van der Waals surface area contributed by atoms with Crippen LogP contribution in [0.5, 0.6) is 0 Å². The highest BCUT2D eigenvalue weighted by Crippen LogP contribution is 2.32. The third-order valence-corrected chi connectivity index (χ3v) is 5.88. The maximum Gasteiger partial charge on any atom is 0.266 e. The summed E-state index contributed by atoms with van der Waals surface area (Å²) < 4.78 is 17.0. The molecule has 0 aliphatic rings. The Morgan fingerprint density at radius 2 is 1.85 bits per heavy atom. The SMILES string of the molecule is C/C(N)=C(/SN)C(=O)Nc1cn2nc(-c3c(-c4ccc(F)cc4)nc4ccccn34)ccc2n1. The summed E-state index contributed by atoms with van der Waals surface area (Å²) in [4.78, 5) is 21.8. The third-order valence-electron chi connectivity index (χ3n) is 5.13. The van der Waals surface area contributed by atoms with E-state index in [9.17, 15) is 9.18 Å². The van der Waals surface area contributed by atoms with Crippen molar-refractivity contribution < 1.29 is 9.18 Å². The first kappa shape index (κ1) is 21.6. The Morgan fingerprint density at radius 1 is 1.06 bits per heavy atom. The lowest BCUT2D eigenvalue weighted by atomic mass is 10.1. The van der Waals surface area contributed by atoms with Gasteiger partial charge in [0.05, 0.1) is 11.9 Å². The van der Waals surface area contributed by atoms with E-state index in [0.717, 1.165) is 28.9 Å². The minimum Gasteiger partial charge on any atom is -0.401 e. The van der Waals surface area contributed by atoms with Crippen molar-refractivity contribution in [2.24, 2.45) is 10.9 Å². The molecule has 0 saturated heterocycles. The van der Waals surface area contributed by atoms with E-state index in [2.05, 4.69) is 10.3 Å². The molecule has 0 aliphatic heterocycles. The van der Waals surface area contributed by atoms with Crippen LogP contribution >= 0.6 is 11.9 Å². The van der Waals surface area contributed by atoms with E-state index in [0.29, 0.717) is 28.5 Å². The number of hydrogen-bond donors (Lipinski definition) is 3. The third kappa shape index (κ3) is 3.87. The van der Waals surface area contributed by atoms with Gasteiger partial charge in [-0.25, -0.2) is 18.9 Å². The molecule has 34 heavy (non-hydrogen) atoms. The fourth-order valence-electron chi connectivity index (χ4n) is 3.62. The molecule has 0 atom stereocenters. The number of nitrogens with two attached hydrogens (primary N) is 2. The lowest BCUT2D eigenvalue weighted by molar-refractivity contribution is -0.112. The van der Waals surface area contributed by atoms with Gasteiger partial charge in [0.15, 0.2) is 11.5 Å². The minimum atomic E-state index is -0.448. The first-order chi connectivity index (χ1) is 16.4. The standard InChI is InChI=1S/C23H19FN8OS/c1-13(25)22(34-26)23(33)28-17-12-32-19(27-17)10-9-16(30-32)21-20(14-5-7-15(24)8-6-14)29-18-4-2-3-11-31(18)21/h2-12H,25-26H2,1H3,(H,28,33)/b22-13-. The van der Waals surface area contributed by atoms with Crippen molar-refractivity contribution in [2.45, 2.75) is 6.92 Å². The Hall–Kier alpha value is -4.22. The molecule has 0 unspecified atom stereocenters. The van der Waals surface area contributed by atoms with Crippen LogP contribution < -0.4 is 16.2 Å². The number of amides is 1. The van der Waals surface area contributed by atoms with Crippen LogP contribution in [0.3, 0.4) is 0 Å². The average molecular weight is 475 g/mol. The number of rotatable bonds is 5. The molecule has 0 spiro atoms. The molecule has 0 saturated carbocycles. The van der Waals surface area contributed by atoms with Crippen molar-refractivity contribution in [3.05, 3.63) is 83.4 Å². The monoisotopic (exact) mass is 474 g/mol. The Labute approximate surface area is 197 Å². The number of hydrogen-bond acceptors (Lipinski definition) is 7. The lowest BCUT2D eigenvalue weighted by Crippen LogP contribution is -2.17. The predicted octanol–water partition coefficient (Wildman–Crippen LogP) is 3.59. The fourth-order valence-corrected chi connectivity index (χ4v) is 3.96. The molecule has 0 aliphatic carbocycles. The summed E-state index contributed by atoms with van der Waals surface area (Å²) in [6, 6.07) is 15.5. The number of aromatic nitrogens is 5. The molecule has 0 fully saturated rings. The molecule has 4 aromatic heterocycles. The summed E-state index contributed by atoms with van der Waals surface area (Å²) in [5.41, 5.74) is 10.1. The molecule has 4 heterocycles. The van der Waals surface area contributed by atoms with Gasteiger partial charge in [0.25, 0.3) is 5.91 Å². The summed E-state index contributed by atoms with van der Waals surface area (Å²) in [7, 11) is 0. The maximum absolute atomic E-state index is 13.5. The van der Waals surface area contributed by atoms with Gasteiger partial charge in [-0.15, -0.1) is 0 Å². The second kappa shape index (κ2) is 8.61. The van der Waals surface area contributed by atoms with Crippen LogP contribution in [-0.2, 0) is 4.79 Å². The number of imidazole rings is 2. The zero-order chi connectivity index (χ0) is 23.8. The Bertz CT molecular complexity index is 1570. The van der Waals surface area contributed by atoms with Gasteiger partial charge in [-0.1, -0.05) is 6.07 Å². The predicted molar refractivity (Wildman–Crippen MR) is 130 cm³/mol. The largest absolute Gasteiger partial charge is 0.401 e. The number of carbonyl (C=O) groups excluding carboxylic acids is 1. The average Bonchev–Trinajstić information content (AvgIpc) is 3.40. The van der Waals surface area contributed by atoms with Gasteiger partial charge in [-0.05, 0) is 67.4 Å². The molecule has 9 nitrogen and oxygen atoms in total. The van der Waals surface area contributed by atoms with Crippen LogP contribution in [-0.4, -0.2) is 29.9 Å². The molecular weight excluding hydrogens is 455 g/mol. The van der Waals surface area contributed by atoms with Crippen molar-refractivity contribution in [3.63, 3.8) is 0 Å². The van der Waals surface area contributed by atoms with Crippen LogP contribution in [0.2, 0.25) is 0 Å². The van der Waals surface area contributed by atoms with Crippen molar-refractivity contribution >= 4 is 35.0 Å². The van der Waals surface area contributed by atoms with Gasteiger partial charge in [0, 0.05) is 17.5 Å². The van der Waals surface area contributed by atoms with E-state index in [4.69, 9.17) is 21.0 Å². The Balaban J connectivity index is 1.59. The van der Waals surface area contributed by atoms with Gasteiger partial charge in [0.2, 0.25) is 0 Å². The molecule has 5 rings (SSSR count). The van der Waals surface area contributed by atoms with Crippen LogP contribution in [0.15, 0.2) is 77.6 Å². The number of halogens is 1. The number of fused-ring (bicyclic) bond motifs is 2. The normalized spacial score (nSPS) is 12.2. The smallest absolute Gasteiger partial charge is 0.266 e. The second-order valence-corrected chi connectivity index (χ2v) is 8.12. The van der Waals surface area contributed by atoms with Crippen molar-refractivity contribution in [3.8, 4) is 22.6 Å². The van der Waals surface area contributed by atoms with Gasteiger partial charge in [-0.2, -0.15) is 5.10 Å². The first-order valence-corrected chi connectivity index (χ1v) is 11.1. The van der Waals surface area contributed by atoms with Crippen LogP contribution in [0.4, 0.5) is 10.2 Å². The van der Waals surface area contributed by atoms with E-state index >= 15 is 0 Å². The summed E-state index contributed by atoms with van der Waals surface area (Å²) in [6.07, 6.45) is 3.49. The number of nitrogens with zero attached hydrogens (tertiary/aromatic N) is 5. The van der Waals surface area contributed by atoms with Crippen molar-refractivity contribution in [1.29, 1.82) is 0 Å². The summed E-state index contributed by atoms with van der Waals surface area (Å²) >= 11 is 0.774. The fraction of sp³-hybridized carbons (Fsp3) is 0.0435. The molecule has 11 heteroatoms. The number of pyridine rings is 1. The van der Waals surface area contributed by atoms with Gasteiger partial charge in [0.1, 0.15) is 27.8 Å². The molecule has 170 valence electrons. The highest BCUT2D eigenvalue weighted by Gasteiger charge is 2.19. The van der Waals surface area contributed by atoms with Gasteiger partial charge in [-0.3, -0.25) is 14.3 Å². The molecule has 5 aromatic rings. The minimum absolute atomic E-state index is 0.209. The van der Waals surface area contributed by atoms with E-state index < -0.39 is 5.91 Å². The number of nitrogens with one attached hydrogen (secondary N) is 1. The van der Waals surface area contributed by atoms with Crippen LogP contribution in [0.1, 0.15) is 6.92 Å². The molecule has 0 radical (unpaired) electrons. The number of allylic oxidation sites excluding steroid dienone is 1. The van der Waals surface area contributed by atoms with Gasteiger partial charge >= 0.3 is 0 Å². The number of anilines is 1. The first-order valence-electron chi connectivity index (χ1n) is 10.2. The number of carbonyl (C=O) groups is 1. The maximum atomic E-state index is 13.5. The summed E-state index contributed by atoms with van der Waals surface area (Å²) in [5, 5.41) is 12.9. The highest BCUT2D eigenvalue weighted by atomic mass is 32.2. The molecule has 5 N–H and O–H groups in total. The molecular formula is C23H19FN8OS. The number of benzene rings is 1. The van der Waals surface area contributed by atoms with E-state index in [-0.39, 0.29) is 10.7 Å². The lowest BCUT2D eigenvalue weighted by Gasteiger charge is -2.05. The Kier molecular flexibility index (Phi) is 5.48.